The van der Waals surface area contributed by atoms with E-state index < -0.39 is 0 Å². The number of hydrogen-bond donors (Lipinski definition) is 1. The maximum atomic E-state index is 5.42. The molecule has 102 valence electrons. The van der Waals surface area contributed by atoms with E-state index in [1.54, 1.807) is 4.68 Å². The largest absolute Gasteiger partial charge is 0.334 e. The summed E-state index contributed by atoms with van der Waals surface area (Å²) < 4.78 is 7.22. The van der Waals surface area contributed by atoms with E-state index in [9.17, 15) is 0 Å². The molecule has 6 nitrogen and oxygen atoms in total. The summed E-state index contributed by atoms with van der Waals surface area (Å²) in [5.74, 6) is 1.85. The molecule has 1 N–H and O–H groups in total. The molecule has 2 aromatic heterocycles. The van der Waals surface area contributed by atoms with Gasteiger partial charge in [-0.3, -0.25) is 4.68 Å². The van der Waals surface area contributed by atoms with Crippen LogP contribution in [0, 0.1) is 0 Å². The molecule has 1 aliphatic heterocycles. The number of nitrogens with one attached hydrogen (secondary N) is 1. The Morgan fingerprint density at radius 1 is 1.42 bits per heavy atom. The third-order valence-corrected chi connectivity index (χ3v) is 3.62. The highest BCUT2D eigenvalue weighted by molar-refractivity contribution is 5.55. The Balaban J connectivity index is 1.87. The van der Waals surface area contributed by atoms with Crippen LogP contribution >= 0.6 is 0 Å². The summed E-state index contributed by atoms with van der Waals surface area (Å²) >= 11 is 0. The Kier molecular flexibility index (Phi) is 3.33. The Morgan fingerprint density at radius 2 is 2.21 bits per heavy atom. The standard InChI is InChI=1S/C13H19N5O/c1-3-11-10(8-18(2)16-11)13-15-12(17-19-13)9-4-6-14-7-5-9/h8-9,14H,3-7H2,1-2H3. The quantitative estimate of drug-likeness (QED) is 0.906. The second-order valence-corrected chi connectivity index (χ2v) is 5.00. The Morgan fingerprint density at radius 3 is 2.95 bits per heavy atom. The molecule has 1 aliphatic rings. The van der Waals surface area contributed by atoms with E-state index in [0.717, 1.165) is 49.4 Å². The molecule has 3 rings (SSSR count). The lowest BCUT2D eigenvalue weighted by Gasteiger charge is -2.18. The summed E-state index contributed by atoms with van der Waals surface area (Å²) in [6, 6.07) is 0. The van der Waals surface area contributed by atoms with Crippen molar-refractivity contribution in [1.82, 2.24) is 25.2 Å². The molecule has 1 fully saturated rings. The van der Waals surface area contributed by atoms with Gasteiger partial charge in [0.25, 0.3) is 5.89 Å². The number of nitrogens with zero attached hydrogens (tertiary/aromatic N) is 4. The van der Waals surface area contributed by atoms with Gasteiger partial charge < -0.3 is 9.84 Å². The van der Waals surface area contributed by atoms with Crippen LogP contribution in [0.5, 0.6) is 0 Å². The molecule has 0 aromatic carbocycles. The normalized spacial score (nSPS) is 16.9. The van der Waals surface area contributed by atoms with E-state index in [4.69, 9.17) is 4.52 Å². The Hall–Kier alpha value is -1.69. The van der Waals surface area contributed by atoms with Gasteiger partial charge in [0.15, 0.2) is 5.82 Å². The summed E-state index contributed by atoms with van der Waals surface area (Å²) in [5.41, 5.74) is 1.96. The van der Waals surface area contributed by atoms with E-state index in [0.29, 0.717) is 11.8 Å². The first-order valence-electron chi connectivity index (χ1n) is 6.85. The van der Waals surface area contributed by atoms with Crippen LogP contribution in [-0.4, -0.2) is 33.0 Å². The average Bonchev–Trinajstić information content (AvgIpc) is 3.05. The van der Waals surface area contributed by atoms with Crippen LogP contribution in [0.1, 0.15) is 37.2 Å². The monoisotopic (exact) mass is 261 g/mol. The van der Waals surface area contributed by atoms with Gasteiger partial charge in [-0.15, -0.1) is 0 Å². The molecule has 6 heteroatoms. The van der Waals surface area contributed by atoms with Crippen LogP contribution in [0.2, 0.25) is 0 Å². The van der Waals surface area contributed by atoms with Gasteiger partial charge in [-0.2, -0.15) is 10.1 Å². The zero-order chi connectivity index (χ0) is 13.2. The van der Waals surface area contributed by atoms with Crippen molar-refractivity contribution in [2.75, 3.05) is 13.1 Å². The third kappa shape index (κ3) is 2.40. The molecule has 0 saturated carbocycles. The molecule has 19 heavy (non-hydrogen) atoms. The summed E-state index contributed by atoms with van der Waals surface area (Å²) in [4.78, 5) is 4.57. The molecule has 0 unspecified atom stereocenters. The van der Waals surface area contributed by atoms with Gasteiger partial charge in [-0.25, -0.2) is 0 Å². The van der Waals surface area contributed by atoms with E-state index in [1.807, 2.05) is 13.2 Å². The molecule has 1 saturated heterocycles. The van der Waals surface area contributed by atoms with Crippen molar-refractivity contribution in [2.24, 2.45) is 7.05 Å². The van der Waals surface area contributed by atoms with Crippen molar-refractivity contribution in [3.63, 3.8) is 0 Å². The number of rotatable bonds is 3. The van der Waals surface area contributed by atoms with Crippen molar-refractivity contribution in [3.8, 4) is 11.5 Å². The minimum Gasteiger partial charge on any atom is -0.334 e. The van der Waals surface area contributed by atoms with E-state index in [2.05, 4.69) is 27.5 Å². The number of aryl methyl sites for hydroxylation is 2. The fourth-order valence-corrected chi connectivity index (χ4v) is 2.56. The number of piperidine rings is 1. The van der Waals surface area contributed by atoms with Gasteiger partial charge in [0.05, 0.1) is 11.3 Å². The first-order chi connectivity index (χ1) is 9.28. The summed E-state index contributed by atoms with van der Waals surface area (Å²) in [6.45, 7) is 4.14. The molecular formula is C13H19N5O. The molecule has 2 aromatic rings. The summed E-state index contributed by atoms with van der Waals surface area (Å²) in [6.07, 6.45) is 4.96. The lowest BCUT2D eigenvalue weighted by Crippen LogP contribution is -2.27. The van der Waals surface area contributed by atoms with Crippen LogP contribution in [0.4, 0.5) is 0 Å². The highest BCUT2D eigenvalue weighted by Crippen LogP contribution is 2.27. The molecule has 3 heterocycles. The molecule has 0 atom stereocenters. The molecular weight excluding hydrogens is 242 g/mol. The fourth-order valence-electron chi connectivity index (χ4n) is 2.56. The van der Waals surface area contributed by atoms with Gasteiger partial charge in [0.1, 0.15) is 0 Å². The zero-order valence-corrected chi connectivity index (χ0v) is 11.4. The van der Waals surface area contributed by atoms with Crippen molar-refractivity contribution >= 4 is 0 Å². The molecule has 0 radical (unpaired) electrons. The van der Waals surface area contributed by atoms with Crippen LogP contribution in [0.15, 0.2) is 10.7 Å². The SMILES string of the molecule is CCc1nn(C)cc1-c1nc(C2CCNCC2)no1. The van der Waals surface area contributed by atoms with Crippen molar-refractivity contribution in [1.29, 1.82) is 0 Å². The maximum Gasteiger partial charge on any atom is 0.261 e. The van der Waals surface area contributed by atoms with Gasteiger partial charge >= 0.3 is 0 Å². The second kappa shape index (κ2) is 5.13. The Labute approximate surface area is 112 Å². The first-order valence-corrected chi connectivity index (χ1v) is 6.85. The van der Waals surface area contributed by atoms with E-state index in [1.165, 1.54) is 0 Å². The molecule has 0 amide bonds. The van der Waals surface area contributed by atoms with Crippen LogP contribution in [-0.2, 0) is 13.5 Å². The molecule has 0 aliphatic carbocycles. The smallest absolute Gasteiger partial charge is 0.261 e. The van der Waals surface area contributed by atoms with E-state index >= 15 is 0 Å². The number of aromatic nitrogens is 4. The van der Waals surface area contributed by atoms with Crippen LogP contribution < -0.4 is 5.32 Å². The minimum absolute atomic E-state index is 0.417. The van der Waals surface area contributed by atoms with Crippen molar-refractivity contribution in [2.45, 2.75) is 32.1 Å². The number of hydrogen-bond acceptors (Lipinski definition) is 5. The van der Waals surface area contributed by atoms with Crippen LogP contribution in [0.3, 0.4) is 0 Å². The molecule has 0 spiro atoms. The lowest BCUT2D eigenvalue weighted by molar-refractivity contribution is 0.392. The van der Waals surface area contributed by atoms with E-state index in [-0.39, 0.29) is 0 Å². The third-order valence-electron chi connectivity index (χ3n) is 3.62. The summed E-state index contributed by atoms with van der Waals surface area (Å²) in [5, 5.41) is 11.9. The van der Waals surface area contributed by atoms with Gasteiger partial charge in [-0.1, -0.05) is 12.1 Å². The lowest BCUT2D eigenvalue weighted by atomic mass is 9.98. The van der Waals surface area contributed by atoms with Crippen molar-refractivity contribution in [3.05, 3.63) is 17.7 Å². The van der Waals surface area contributed by atoms with Gasteiger partial charge in [0.2, 0.25) is 0 Å². The van der Waals surface area contributed by atoms with Gasteiger partial charge in [-0.05, 0) is 32.4 Å². The minimum atomic E-state index is 0.417. The fraction of sp³-hybridized carbons (Fsp3) is 0.615. The van der Waals surface area contributed by atoms with Crippen LogP contribution in [0.25, 0.3) is 11.5 Å². The first kappa shape index (κ1) is 12.3. The highest BCUT2D eigenvalue weighted by Gasteiger charge is 2.22. The topological polar surface area (TPSA) is 68.8 Å². The predicted molar refractivity (Wildman–Crippen MR) is 70.7 cm³/mol. The van der Waals surface area contributed by atoms with Crippen molar-refractivity contribution < 1.29 is 4.52 Å². The summed E-state index contributed by atoms with van der Waals surface area (Å²) in [7, 11) is 1.91. The molecule has 0 bridgehead atoms. The average molecular weight is 261 g/mol. The highest BCUT2D eigenvalue weighted by atomic mass is 16.5. The zero-order valence-electron chi connectivity index (χ0n) is 11.4. The Bertz CT molecular complexity index is 553. The van der Waals surface area contributed by atoms with Gasteiger partial charge in [0, 0.05) is 19.2 Å². The maximum absolute atomic E-state index is 5.42. The second-order valence-electron chi connectivity index (χ2n) is 5.00. The predicted octanol–water partition coefficient (Wildman–Crippen LogP) is 1.50.